The van der Waals surface area contributed by atoms with E-state index in [2.05, 4.69) is 12.2 Å². The van der Waals surface area contributed by atoms with Crippen LogP contribution in [0.5, 0.6) is 5.75 Å². The maximum atomic E-state index is 11.9. The van der Waals surface area contributed by atoms with E-state index in [9.17, 15) is 14.9 Å². The van der Waals surface area contributed by atoms with Gasteiger partial charge in [-0.2, -0.15) is 0 Å². The molecule has 0 aliphatic heterocycles. The average Bonchev–Trinajstić information content (AvgIpc) is 2.62. The van der Waals surface area contributed by atoms with Crippen LogP contribution in [0.3, 0.4) is 0 Å². The number of hydrogen-bond acceptors (Lipinski definition) is 4. The summed E-state index contributed by atoms with van der Waals surface area (Å²) in [5, 5.41) is 13.3. The first kappa shape index (κ1) is 18.2. The molecule has 1 N–H and O–H groups in total. The third kappa shape index (κ3) is 6.10. The highest BCUT2D eigenvalue weighted by Gasteiger charge is 2.03. The first-order valence-electron chi connectivity index (χ1n) is 8.05. The van der Waals surface area contributed by atoms with Crippen LogP contribution in [0.2, 0.25) is 0 Å². The summed E-state index contributed by atoms with van der Waals surface area (Å²) < 4.78 is 5.56. The van der Waals surface area contributed by atoms with Gasteiger partial charge in [-0.05, 0) is 54.5 Å². The standard InChI is InChI=1S/C19H20N2O4/c1-2-3-14-25-18-11-7-16(8-12-18)20-19(22)13-6-15-4-9-17(10-5-15)21(23)24/h4-13H,2-3,14H2,1H3,(H,20,22)/b13-6+. The van der Waals surface area contributed by atoms with Crippen LogP contribution in [0.15, 0.2) is 54.6 Å². The predicted molar refractivity (Wildman–Crippen MR) is 97.6 cm³/mol. The van der Waals surface area contributed by atoms with Crippen molar-refractivity contribution in [2.75, 3.05) is 11.9 Å². The summed E-state index contributed by atoms with van der Waals surface area (Å²) in [5.41, 5.74) is 1.39. The number of nitro groups is 1. The van der Waals surface area contributed by atoms with E-state index in [0.717, 1.165) is 18.6 Å². The Morgan fingerprint density at radius 2 is 1.84 bits per heavy atom. The lowest BCUT2D eigenvalue weighted by Crippen LogP contribution is -2.07. The number of carbonyl (C=O) groups excluding carboxylic acids is 1. The fourth-order valence-corrected chi connectivity index (χ4v) is 2.03. The highest BCUT2D eigenvalue weighted by molar-refractivity contribution is 6.01. The number of ether oxygens (including phenoxy) is 1. The molecule has 0 fully saturated rings. The number of nitro benzene ring substituents is 1. The molecule has 0 unspecified atom stereocenters. The van der Waals surface area contributed by atoms with Crippen LogP contribution in [0, 0.1) is 10.1 Å². The molecule has 0 heterocycles. The zero-order valence-electron chi connectivity index (χ0n) is 14.0. The Bertz CT molecular complexity index is 737. The van der Waals surface area contributed by atoms with Crippen LogP contribution in [0.4, 0.5) is 11.4 Å². The van der Waals surface area contributed by atoms with Gasteiger partial charge in [-0.3, -0.25) is 14.9 Å². The van der Waals surface area contributed by atoms with Gasteiger partial charge in [-0.25, -0.2) is 0 Å². The van der Waals surface area contributed by atoms with Gasteiger partial charge in [0, 0.05) is 23.9 Å². The Morgan fingerprint density at radius 3 is 2.44 bits per heavy atom. The van der Waals surface area contributed by atoms with Gasteiger partial charge in [0.15, 0.2) is 0 Å². The van der Waals surface area contributed by atoms with Gasteiger partial charge in [-0.1, -0.05) is 13.3 Å². The van der Waals surface area contributed by atoms with Crippen molar-refractivity contribution < 1.29 is 14.5 Å². The summed E-state index contributed by atoms with van der Waals surface area (Å²) in [7, 11) is 0. The predicted octanol–water partition coefficient (Wildman–Crippen LogP) is 4.43. The van der Waals surface area contributed by atoms with Crippen LogP contribution in [-0.2, 0) is 4.79 Å². The molecule has 0 spiro atoms. The van der Waals surface area contributed by atoms with Crippen LogP contribution >= 0.6 is 0 Å². The first-order chi connectivity index (χ1) is 12.1. The van der Waals surface area contributed by atoms with Gasteiger partial charge in [0.05, 0.1) is 11.5 Å². The molecule has 25 heavy (non-hydrogen) atoms. The molecule has 0 saturated heterocycles. The molecule has 0 atom stereocenters. The molecule has 0 aliphatic rings. The first-order valence-corrected chi connectivity index (χ1v) is 8.05. The van der Waals surface area contributed by atoms with E-state index in [0.29, 0.717) is 17.9 Å². The van der Waals surface area contributed by atoms with Crippen molar-refractivity contribution in [3.63, 3.8) is 0 Å². The molecule has 2 aromatic carbocycles. The van der Waals surface area contributed by atoms with Gasteiger partial charge >= 0.3 is 0 Å². The summed E-state index contributed by atoms with van der Waals surface area (Å²) in [6.45, 7) is 2.78. The normalized spacial score (nSPS) is 10.6. The van der Waals surface area contributed by atoms with E-state index in [1.807, 2.05) is 12.1 Å². The van der Waals surface area contributed by atoms with E-state index >= 15 is 0 Å². The number of benzene rings is 2. The highest BCUT2D eigenvalue weighted by Crippen LogP contribution is 2.16. The molecule has 0 aromatic heterocycles. The number of rotatable bonds is 8. The Labute approximate surface area is 146 Å². The third-order valence-corrected chi connectivity index (χ3v) is 3.42. The number of amides is 1. The van der Waals surface area contributed by atoms with Crippen LogP contribution < -0.4 is 10.1 Å². The Kier molecular flexibility index (Phi) is 6.71. The van der Waals surface area contributed by atoms with Crippen molar-refractivity contribution in [1.82, 2.24) is 0 Å². The number of non-ortho nitro benzene ring substituents is 1. The van der Waals surface area contributed by atoms with Crippen molar-refractivity contribution in [3.8, 4) is 5.75 Å². The van der Waals surface area contributed by atoms with Crippen LogP contribution in [0.25, 0.3) is 6.08 Å². The molecule has 6 heteroatoms. The molecule has 0 aliphatic carbocycles. The largest absolute Gasteiger partial charge is 0.494 e. The quantitative estimate of drug-likeness (QED) is 0.334. The second kappa shape index (κ2) is 9.22. The lowest BCUT2D eigenvalue weighted by atomic mass is 10.2. The molecule has 1 amide bonds. The maximum absolute atomic E-state index is 11.9. The smallest absolute Gasteiger partial charge is 0.269 e. The Balaban J connectivity index is 1.87. The van der Waals surface area contributed by atoms with E-state index in [1.54, 1.807) is 30.3 Å². The summed E-state index contributed by atoms with van der Waals surface area (Å²) in [6, 6.07) is 13.1. The van der Waals surface area contributed by atoms with Crippen molar-refractivity contribution in [2.24, 2.45) is 0 Å². The maximum Gasteiger partial charge on any atom is 0.269 e. The van der Waals surface area contributed by atoms with Crippen molar-refractivity contribution in [3.05, 3.63) is 70.3 Å². The van der Waals surface area contributed by atoms with E-state index in [-0.39, 0.29) is 11.6 Å². The summed E-state index contributed by atoms with van der Waals surface area (Å²) in [6.07, 6.45) is 5.06. The minimum absolute atomic E-state index is 0.0165. The molecule has 2 aromatic rings. The molecule has 130 valence electrons. The Hall–Kier alpha value is -3.15. The second-order valence-electron chi connectivity index (χ2n) is 5.40. The summed E-state index contributed by atoms with van der Waals surface area (Å²) >= 11 is 0. The Morgan fingerprint density at radius 1 is 1.16 bits per heavy atom. The van der Waals surface area contributed by atoms with Gasteiger partial charge in [0.25, 0.3) is 5.69 Å². The fourth-order valence-electron chi connectivity index (χ4n) is 2.03. The minimum atomic E-state index is -0.462. The summed E-state index contributed by atoms with van der Waals surface area (Å²) in [5.74, 6) is 0.492. The van der Waals surface area contributed by atoms with Gasteiger partial charge < -0.3 is 10.1 Å². The highest BCUT2D eigenvalue weighted by atomic mass is 16.6. The number of unbranched alkanes of at least 4 members (excludes halogenated alkanes) is 1. The van der Waals surface area contributed by atoms with Gasteiger partial charge in [-0.15, -0.1) is 0 Å². The van der Waals surface area contributed by atoms with Crippen molar-refractivity contribution in [2.45, 2.75) is 19.8 Å². The van der Waals surface area contributed by atoms with Crippen molar-refractivity contribution >= 4 is 23.4 Å². The molecule has 0 saturated carbocycles. The van der Waals surface area contributed by atoms with Crippen molar-refractivity contribution in [1.29, 1.82) is 0 Å². The second-order valence-corrected chi connectivity index (χ2v) is 5.40. The molecule has 0 radical (unpaired) electrons. The zero-order valence-corrected chi connectivity index (χ0v) is 14.0. The lowest BCUT2D eigenvalue weighted by molar-refractivity contribution is -0.384. The van der Waals surface area contributed by atoms with Gasteiger partial charge in [0.2, 0.25) is 5.91 Å². The SMILES string of the molecule is CCCCOc1ccc(NC(=O)/C=C/c2ccc([N+](=O)[O-])cc2)cc1. The van der Waals surface area contributed by atoms with Gasteiger partial charge in [0.1, 0.15) is 5.75 Å². The average molecular weight is 340 g/mol. The molecular formula is C19H20N2O4. The monoisotopic (exact) mass is 340 g/mol. The van der Waals surface area contributed by atoms with E-state index in [4.69, 9.17) is 4.74 Å². The third-order valence-electron chi connectivity index (χ3n) is 3.42. The minimum Gasteiger partial charge on any atom is -0.494 e. The number of hydrogen-bond donors (Lipinski definition) is 1. The number of nitrogens with zero attached hydrogens (tertiary/aromatic N) is 1. The fraction of sp³-hybridized carbons (Fsp3) is 0.211. The molecule has 2 rings (SSSR count). The molecule has 0 bridgehead atoms. The number of nitrogens with one attached hydrogen (secondary N) is 1. The summed E-state index contributed by atoms with van der Waals surface area (Å²) in [4.78, 5) is 22.1. The van der Waals surface area contributed by atoms with E-state index < -0.39 is 4.92 Å². The molecular weight excluding hydrogens is 320 g/mol. The zero-order chi connectivity index (χ0) is 18.1. The van der Waals surface area contributed by atoms with Crippen LogP contribution in [0.1, 0.15) is 25.3 Å². The number of anilines is 1. The van der Waals surface area contributed by atoms with E-state index in [1.165, 1.54) is 18.2 Å². The topological polar surface area (TPSA) is 81.5 Å². The number of carbonyl (C=O) groups is 1. The lowest BCUT2D eigenvalue weighted by Gasteiger charge is -2.06. The van der Waals surface area contributed by atoms with Crippen LogP contribution in [-0.4, -0.2) is 17.4 Å². The molecule has 6 nitrogen and oxygen atoms in total.